The fourth-order valence-electron chi connectivity index (χ4n) is 0.573. The van der Waals surface area contributed by atoms with E-state index in [1.165, 1.54) is 0 Å². The normalized spacial score (nSPS) is 12.7. The molecule has 1 unspecified atom stereocenters. The summed E-state index contributed by atoms with van der Waals surface area (Å²) in [6.45, 7) is 5.30. The molecule has 9 heavy (non-hydrogen) atoms. The van der Waals surface area contributed by atoms with Crippen LogP contribution in [0.15, 0.2) is 12.7 Å². The summed E-state index contributed by atoms with van der Waals surface area (Å²) in [7, 11) is 0. The Bertz CT molecular complexity index is 109. The molecule has 0 bridgehead atoms. The molecule has 0 saturated heterocycles. The van der Waals surface area contributed by atoms with Crippen LogP contribution in [0, 0.1) is 0 Å². The largest absolute Gasteiger partial charge is 0.321 e. The van der Waals surface area contributed by atoms with Crippen LogP contribution in [0.1, 0.15) is 19.8 Å². The quantitative estimate of drug-likeness (QED) is 0.569. The Morgan fingerprint density at radius 3 is 2.78 bits per heavy atom. The van der Waals surface area contributed by atoms with Crippen molar-refractivity contribution in [2.24, 2.45) is 5.73 Å². The van der Waals surface area contributed by atoms with Gasteiger partial charge in [-0.25, -0.2) is 0 Å². The van der Waals surface area contributed by atoms with Crippen LogP contribution in [0.3, 0.4) is 0 Å². The Hall–Kier alpha value is -0.630. The van der Waals surface area contributed by atoms with E-state index in [1.54, 1.807) is 6.08 Å². The topological polar surface area (TPSA) is 43.1 Å². The Morgan fingerprint density at radius 1 is 1.89 bits per heavy atom. The highest BCUT2D eigenvalue weighted by molar-refractivity contribution is 5.83. The molecular weight excluding hydrogens is 114 g/mol. The number of carbonyl (C=O) groups is 1. The van der Waals surface area contributed by atoms with Crippen LogP contribution in [0.5, 0.6) is 0 Å². The lowest BCUT2D eigenvalue weighted by atomic mass is 10.1. The number of ketones is 1. The van der Waals surface area contributed by atoms with Crippen molar-refractivity contribution in [3.05, 3.63) is 12.7 Å². The first-order valence-corrected chi connectivity index (χ1v) is 3.11. The molecule has 0 aromatic heterocycles. The van der Waals surface area contributed by atoms with Crippen molar-refractivity contribution in [1.29, 1.82) is 0 Å². The van der Waals surface area contributed by atoms with Gasteiger partial charge in [-0.3, -0.25) is 4.79 Å². The summed E-state index contributed by atoms with van der Waals surface area (Å²) < 4.78 is 0. The monoisotopic (exact) mass is 127 g/mol. The standard InChI is InChI=1S/C7H13NO/c1-3-5-6(8)7(9)4-2/h3,6H,1,4-5,8H2,2H3. The van der Waals surface area contributed by atoms with E-state index in [9.17, 15) is 4.79 Å². The molecule has 2 heteroatoms. The predicted molar refractivity (Wildman–Crippen MR) is 38.1 cm³/mol. The van der Waals surface area contributed by atoms with Gasteiger partial charge >= 0.3 is 0 Å². The number of carbonyl (C=O) groups excluding carboxylic acids is 1. The Labute approximate surface area is 55.7 Å². The molecule has 2 N–H and O–H groups in total. The lowest BCUT2D eigenvalue weighted by molar-refractivity contribution is -0.119. The lowest BCUT2D eigenvalue weighted by Crippen LogP contribution is -2.28. The molecular formula is C7H13NO. The van der Waals surface area contributed by atoms with E-state index in [0.29, 0.717) is 12.8 Å². The van der Waals surface area contributed by atoms with E-state index in [0.717, 1.165) is 0 Å². The van der Waals surface area contributed by atoms with E-state index in [-0.39, 0.29) is 11.8 Å². The first-order chi connectivity index (χ1) is 4.22. The maximum Gasteiger partial charge on any atom is 0.149 e. The summed E-state index contributed by atoms with van der Waals surface area (Å²) >= 11 is 0. The Kier molecular flexibility index (Phi) is 3.97. The number of Topliss-reactive ketones (excluding diaryl/α,β-unsaturated/α-hetero) is 1. The molecule has 0 amide bonds. The summed E-state index contributed by atoms with van der Waals surface area (Å²) in [5, 5.41) is 0. The van der Waals surface area contributed by atoms with Crippen molar-refractivity contribution in [3.63, 3.8) is 0 Å². The fourth-order valence-corrected chi connectivity index (χ4v) is 0.573. The molecule has 0 aliphatic heterocycles. The average Bonchev–Trinajstić information content (AvgIpc) is 1.87. The molecule has 0 spiro atoms. The van der Waals surface area contributed by atoms with E-state index in [2.05, 4.69) is 6.58 Å². The third kappa shape index (κ3) is 3.03. The van der Waals surface area contributed by atoms with Crippen molar-refractivity contribution in [2.45, 2.75) is 25.8 Å². The Morgan fingerprint density at radius 2 is 2.44 bits per heavy atom. The van der Waals surface area contributed by atoms with Gasteiger partial charge in [-0.05, 0) is 6.42 Å². The molecule has 0 heterocycles. The zero-order chi connectivity index (χ0) is 7.28. The van der Waals surface area contributed by atoms with Gasteiger partial charge in [0.05, 0.1) is 6.04 Å². The Balaban J connectivity index is 3.58. The summed E-state index contributed by atoms with van der Waals surface area (Å²) in [5.74, 6) is 0.106. The minimum absolute atomic E-state index is 0.106. The molecule has 52 valence electrons. The molecule has 0 saturated carbocycles. The van der Waals surface area contributed by atoms with E-state index < -0.39 is 0 Å². The van der Waals surface area contributed by atoms with Gasteiger partial charge < -0.3 is 5.73 Å². The first kappa shape index (κ1) is 8.37. The number of rotatable bonds is 4. The maximum absolute atomic E-state index is 10.7. The lowest BCUT2D eigenvalue weighted by Gasteiger charge is -2.03. The van der Waals surface area contributed by atoms with Crippen LogP contribution in [-0.2, 0) is 4.79 Å². The maximum atomic E-state index is 10.7. The van der Waals surface area contributed by atoms with Gasteiger partial charge in [0, 0.05) is 6.42 Å². The van der Waals surface area contributed by atoms with Crippen molar-refractivity contribution >= 4 is 5.78 Å². The highest BCUT2D eigenvalue weighted by Crippen LogP contribution is 1.93. The highest BCUT2D eigenvalue weighted by atomic mass is 16.1. The summed E-state index contributed by atoms with van der Waals surface area (Å²) in [6.07, 6.45) is 2.78. The van der Waals surface area contributed by atoms with Crippen LogP contribution < -0.4 is 5.73 Å². The van der Waals surface area contributed by atoms with Gasteiger partial charge in [-0.1, -0.05) is 13.0 Å². The minimum atomic E-state index is -0.326. The minimum Gasteiger partial charge on any atom is -0.321 e. The van der Waals surface area contributed by atoms with Crippen LogP contribution in [0.2, 0.25) is 0 Å². The molecule has 2 nitrogen and oxygen atoms in total. The van der Waals surface area contributed by atoms with Crippen LogP contribution in [0.25, 0.3) is 0 Å². The molecule has 0 rings (SSSR count). The summed E-state index contributed by atoms with van der Waals surface area (Å²) in [5.41, 5.74) is 5.42. The van der Waals surface area contributed by atoms with Gasteiger partial charge in [-0.15, -0.1) is 6.58 Å². The smallest absolute Gasteiger partial charge is 0.149 e. The number of nitrogens with two attached hydrogens (primary N) is 1. The molecule has 0 aromatic carbocycles. The molecule has 0 fully saturated rings. The van der Waals surface area contributed by atoms with Gasteiger partial charge in [0.15, 0.2) is 0 Å². The number of hydrogen-bond acceptors (Lipinski definition) is 2. The van der Waals surface area contributed by atoms with Crippen molar-refractivity contribution < 1.29 is 4.79 Å². The van der Waals surface area contributed by atoms with Gasteiger partial charge in [-0.2, -0.15) is 0 Å². The van der Waals surface area contributed by atoms with Crippen molar-refractivity contribution in [1.82, 2.24) is 0 Å². The van der Waals surface area contributed by atoms with Gasteiger partial charge in [0.2, 0.25) is 0 Å². The summed E-state index contributed by atoms with van der Waals surface area (Å²) in [6, 6.07) is -0.326. The zero-order valence-corrected chi connectivity index (χ0v) is 5.76. The van der Waals surface area contributed by atoms with Crippen molar-refractivity contribution in [2.75, 3.05) is 0 Å². The SMILES string of the molecule is C=CCC(N)C(=O)CC. The van der Waals surface area contributed by atoms with Crippen LogP contribution in [-0.4, -0.2) is 11.8 Å². The second-order valence-corrected chi connectivity index (χ2v) is 1.95. The van der Waals surface area contributed by atoms with E-state index in [4.69, 9.17) is 5.73 Å². The molecule has 0 aromatic rings. The molecule has 0 aliphatic carbocycles. The predicted octanol–water partition coefficient (Wildman–Crippen LogP) is 0.869. The zero-order valence-electron chi connectivity index (χ0n) is 5.76. The molecule has 1 atom stereocenters. The van der Waals surface area contributed by atoms with E-state index >= 15 is 0 Å². The highest BCUT2D eigenvalue weighted by Gasteiger charge is 2.07. The average molecular weight is 127 g/mol. The third-order valence-corrected chi connectivity index (χ3v) is 1.18. The second-order valence-electron chi connectivity index (χ2n) is 1.95. The number of hydrogen-bond donors (Lipinski definition) is 1. The molecule has 0 aliphatic rings. The summed E-state index contributed by atoms with van der Waals surface area (Å²) in [4.78, 5) is 10.7. The fraction of sp³-hybridized carbons (Fsp3) is 0.571. The first-order valence-electron chi connectivity index (χ1n) is 3.11. The third-order valence-electron chi connectivity index (χ3n) is 1.18. The second kappa shape index (κ2) is 4.27. The van der Waals surface area contributed by atoms with E-state index in [1.807, 2.05) is 6.92 Å². The van der Waals surface area contributed by atoms with Gasteiger partial charge in [0.25, 0.3) is 0 Å². The van der Waals surface area contributed by atoms with Gasteiger partial charge in [0.1, 0.15) is 5.78 Å². The van der Waals surface area contributed by atoms with Crippen LogP contribution >= 0.6 is 0 Å². The molecule has 0 radical (unpaired) electrons. The van der Waals surface area contributed by atoms with Crippen molar-refractivity contribution in [3.8, 4) is 0 Å². The van der Waals surface area contributed by atoms with Crippen LogP contribution in [0.4, 0.5) is 0 Å².